The van der Waals surface area contributed by atoms with Crippen LogP contribution in [0.25, 0.3) is 32.9 Å². The van der Waals surface area contributed by atoms with E-state index in [0.717, 1.165) is 62.1 Å². The Morgan fingerprint density at radius 2 is 1.76 bits per heavy atom. The van der Waals surface area contributed by atoms with Crippen molar-refractivity contribution >= 4 is 63.3 Å². The van der Waals surface area contributed by atoms with Crippen molar-refractivity contribution in [1.29, 1.82) is 0 Å². The van der Waals surface area contributed by atoms with Gasteiger partial charge < -0.3 is 40.3 Å². The first kappa shape index (κ1) is 52.2. The monoisotopic (exact) mass is 1060 g/mol. The minimum Gasteiger partial charge on any atom is -0.508 e. The van der Waals surface area contributed by atoms with Gasteiger partial charge >= 0.3 is 6.01 Å². The number of allylic oxidation sites excluding steroid dienone is 1. The second kappa shape index (κ2) is 21.2. The molecule has 0 radical (unpaired) electrons. The molecule has 404 valence electrons. The highest BCUT2D eigenvalue weighted by Gasteiger charge is 2.51. The molecule has 6 fully saturated rings. The third-order valence-electron chi connectivity index (χ3n) is 16.6. The topological polar surface area (TPSA) is 212 Å². The normalized spacial score (nSPS) is 24.2. The molecule has 0 saturated carbocycles. The summed E-state index contributed by atoms with van der Waals surface area (Å²) in [4.78, 5) is 83.0. The van der Waals surface area contributed by atoms with Crippen LogP contribution in [0.15, 0.2) is 73.1 Å². The molecule has 3 aromatic carbocycles. The minimum absolute atomic E-state index is 0.00472. The number of hydrogen-bond acceptors (Lipinski definition) is 15. The van der Waals surface area contributed by atoms with Gasteiger partial charge in [-0.3, -0.25) is 38.8 Å². The molecular formula is C58H60F2N10O8. The number of piperazine rings is 1. The van der Waals surface area contributed by atoms with Gasteiger partial charge in [0.25, 0.3) is 18.3 Å². The Labute approximate surface area is 449 Å². The first-order valence-corrected chi connectivity index (χ1v) is 26.5. The van der Waals surface area contributed by atoms with Gasteiger partial charge in [-0.2, -0.15) is 9.97 Å². The lowest BCUT2D eigenvalue weighted by Gasteiger charge is -2.35. The molecule has 4 amide bonds. The summed E-state index contributed by atoms with van der Waals surface area (Å²) in [6.45, 7) is 13.0. The summed E-state index contributed by atoms with van der Waals surface area (Å²) in [7, 11) is 2.08. The number of anilines is 2. The molecule has 0 spiro atoms. The predicted molar refractivity (Wildman–Crippen MR) is 286 cm³/mol. The van der Waals surface area contributed by atoms with Gasteiger partial charge in [-0.15, -0.1) is 6.42 Å². The maximum atomic E-state index is 16.9. The lowest BCUT2D eigenvalue weighted by molar-refractivity contribution is -0.130. The zero-order chi connectivity index (χ0) is 54.6. The van der Waals surface area contributed by atoms with Crippen molar-refractivity contribution in [3.8, 4) is 35.4 Å². The molecule has 9 heterocycles. The highest BCUT2D eigenvalue weighted by atomic mass is 19.1. The van der Waals surface area contributed by atoms with E-state index in [1.165, 1.54) is 36.5 Å². The van der Waals surface area contributed by atoms with Crippen molar-refractivity contribution in [1.82, 2.24) is 40.3 Å². The van der Waals surface area contributed by atoms with Crippen LogP contribution in [-0.2, 0) is 19.1 Å². The molecule has 12 rings (SSSR count). The van der Waals surface area contributed by atoms with Crippen LogP contribution >= 0.6 is 0 Å². The summed E-state index contributed by atoms with van der Waals surface area (Å²) in [6, 6.07) is 9.98. The summed E-state index contributed by atoms with van der Waals surface area (Å²) in [5, 5.41) is 20.8. The number of carbonyl (C=O) groups excluding carboxylic acids is 5. The van der Waals surface area contributed by atoms with E-state index in [1.54, 1.807) is 12.1 Å². The van der Waals surface area contributed by atoms with Crippen LogP contribution in [-0.4, -0.2) is 148 Å². The van der Waals surface area contributed by atoms with Crippen molar-refractivity contribution < 1.29 is 47.3 Å². The molecule has 7 aliphatic rings. The van der Waals surface area contributed by atoms with Crippen molar-refractivity contribution in [2.45, 2.75) is 93.9 Å². The lowest BCUT2D eigenvalue weighted by atomic mass is 9.93. The molecular weight excluding hydrogens is 1000 g/mol. The van der Waals surface area contributed by atoms with Crippen LogP contribution in [0.1, 0.15) is 90.5 Å². The van der Waals surface area contributed by atoms with E-state index in [2.05, 4.69) is 66.7 Å². The molecule has 2 bridgehead atoms. The number of likely N-dealkylation sites (tertiary alicyclic amines) is 1. The fourth-order valence-electron chi connectivity index (χ4n) is 12.7. The number of fused-ring (bicyclic) bond motifs is 6. The number of hydrogen-bond donors (Lipinski definition) is 4. The average Bonchev–Trinajstić information content (AvgIpc) is 4.15. The fourth-order valence-corrected chi connectivity index (χ4v) is 12.7. The first-order valence-electron chi connectivity index (χ1n) is 26.5. The van der Waals surface area contributed by atoms with Crippen LogP contribution in [0.5, 0.6) is 11.8 Å². The lowest BCUT2D eigenvalue weighted by Crippen LogP contribution is -2.51. The highest BCUT2D eigenvalue weighted by Crippen LogP contribution is 2.45. The standard InChI is InChI=1S/C36H34F2N6O4.C22H26N4O4/c1-3-26-29(37)7-4-21-10-25(46)11-27(30(21)26)32-31(38)33-28(13-39-32)34(43-15-22-5-6-23(16-43)40-22)42-35(41-33)48-18-36-9-8-24(17-47-19-45)44(36)14-20(2)12-36;1-13-3-6-18(20(28)23-13)26-21(29)16-5-4-15(12-17(16)22(26)30)24-19(27)11-14-7-9-25(2)10-8-14/h1,4,7,10-11,13,19,22-24,40,46H,2,5-6,8-9,12,14-18H2;4-5,12,14,18H,1,3,6-11H2,2H3,(H,23,28)(H,24,27). The molecule has 6 saturated heterocycles. The van der Waals surface area contributed by atoms with Gasteiger partial charge in [-0.05, 0) is 126 Å². The van der Waals surface area contributed by atoms with Gasteiger partial charge in [0.05, 0.1) is 27.6 Å². The van der Waals surface area contributed by atoms with Crippen molar-refractivity contribution in [2.75, 3.05) is 63.2 Å². The number of ether oxygens (including phenoxy) is 2. The van der Waals surface area contributed by atoms with E-state index in [4.69, 9.17) is 20.9 Å². The van der Waals surface area contributed by atoms with E-state index < -0.39 is 35.4 Å². The van der Waals surface area contributed by atoms with Gasteiger partial charge in [0.2, 0.25) is 11.8 Å². The van der Waals surface area contributed by atoms with E-state index in [0.29, 0.717) is 85.7 Å². The number of phenols is 1. The number of amides is 4. The number of benzene rings is 3. The molecule has 7 aliphatic heterocycles. The SMILES string of the molecule is C#Cc1c(F)ccc2cc(O)cc(-c3ncc4c(N5CC6CCC(C5)N6)nc(OCC56CCC(COC=O)N5CC(=C)C6)nc4c3F)c12.C=C1CCC(N2C(=O)c3ccc(NC(=O)CC4CCN(C)CC4)cc3C2=O)C(=O)N1. The molecule has 5 unspecified atom stereocenters. The molecule has 5 atom stereocenters. The summed E-state index contributed by atoms with van der Waals surface area (Å²) in [6.07, 6.45) is 15.0. The van der Waals surface area contributed by atoms with Crippen LogP contribution in [0.2, 0.25) is 0 Å². The second-order valence-electron chi connectivity index (χ2n) is 21.8. The Kier molecular flexibility index (Phi) is 14.2. The second-order valence-corrected chi connectivity index (χ2v) is 21.8. The van der Waals surface area contributed by atoms with Gasteiger partial charge in [0, 0.05) is 72.7 Å². The van der Waals surface area contributed by atoms with Crippen molar-refractivity contribution in [3.05, 3.63) is 101 Å². The predicted octanol–water partition coefficient (Wildman–Crippen LogP) is 6.21. The highest BCUT2D eigenvalue weighted by molar-refractivity contribution is 6.23. The van der Waals surface area contributed by atoms with E-state index in [9.17, 15) is 33.5 Å². The van der Waals surface area contributed by atoms with E-state index in [-0.39, 0.29) is 93.4 Å². The Morgan fingerprint density at radius 1 is 0.987 bits per heavy atom. The molecule has 2 aromatic heterocycles. The van der Waals surface area contributed by atoms with Crippen LogP contribution in [0.3, 0.4) is 0 Å². The van der Waals surface area contributed by atoms with Crippen LogP contribution in [0.4, 0.5) is 20.3 Å². The van der Waals surface area contributed by atoms with Crippen molar-refractivity contribution in [3.63, 3.8) is 0 Å². The Hall–Kier alpha value is -7.86. The quantitative estimate of drug-likeness (QED) is 0.0474. The molecule has 0 aliphatic carbocycles. The number of aromatic hydroxyl groups is 1. The van der Waals surface area contributed by atoms with Gasteiger partial charge in [0.1, 0.15) is 47.9 Å². The minimum atomic E-state index is -0.842. The maximum absolute atomic E-state index is 16.9. The number of carbonyl (C=O) groups is 5. The Morgan fingerprint density at radius 3 is 2.50 bits per heavy atom. The number of pyridine rings is 1. The number of nitrogens with one attached hydrogen (secondary N) is 3. The fraction of sp³-hybridized carbons (Fsp3) is 0.414. The number of imide groups is 1. The largest absolute Gasteiger partial charge is 0.508 e. The average molecular weight is 1060 g/mol. The summed E-state index contributed by atoms with van der Waals surface area (Å²) < 4.78 is 43.3. The zero-order valence-corrected chi connectivity index (χ0v) is 43.3. The van der Waals surface area contributed by atoms with E-state index in [1.807, 2.05) is 0 Å². The Bertz CT molecular complexity index is 3370. The third kappa shape index (κ3) is 9.90. The number of aromatic nitrogens is 3. The number of terminal acetylenes is 1. The Balaban J connectivity index is 0.000000185. The number of phenolic OH excluding ortho intramolecular Hbond substituents is 1. The number of halogens is 2. The van der Waals surface area contributed by atoms with Crippen LogP contribution < -0.4 is 25.6 Å². The summed E-state index contributed by atoms with van der Waals surface area (Å²) in [5.74, 6) is 0.235. The molecule has 20 heteroatoms. The van der Waals surface area contributed by atoms with Crippen molar-refractivity contribution in [2.24, 2.45) is 5.92 Å². The summed E-state index contributed by atoms with van der Waals surface area (Å²) in [5.41, 5.74) is 2.18. The maximum Gasteiger partial charge on any atom is 0.319 e. The molecule has 78 heavy (non-hydrogen) atoms. The van der Waals surface area contributed by atoms with Crippen LogP contribution in [0, 0.1) is 29.9 Å². The molecule has 5 aromatic rings. The third-order valence-corrected chi connectivity index (χ3v) is 16.6. The van der Waals surface area contributed by atoms with Gasteiger partial charge in [-0.1, -0.05) is 30.7 Å². The van der Waals surface area contributed by atoms with Gasteiger partial charge in [0.15, 0.2) is 5.82 Å². The van der Waals surface area contributed by atoms with E-state index >= 15 is 4.39 Å². The zero-order valence-electron chi connectivity index (χ0n) is 43.3. The smallest absolute Gasteiger partial charge is 0.319 e. The number of rotatable bonds is 12. The van der Waals surface area contributed by atoms with Gasteiger partial charge in [-0.25, -0.2) is 8.78 Å². The number of piperidine rings is 2. The first-order chi connectivity index (χ1) is 37.6. The molecule has 18 nitrogen and oxygen atoms in total. The summed E-state index contributed by atoms with van der Waals surface area (Å²) >= 11 is 0. The molecule has 4 N–H and O–H groups in total. The number of nitrogens with zero attached hydrogens (tertiary/aromatic N) is 7.